The molecule has 0 fully saturated rings. The molecule has 0 bridgehead atoms. The van der Waals surface area contributed by atoms with Crippen LogP contribution in [0.15, 0.2) is 72.9 Å². The Bertz CT molecular complexity index is 1020. The smallest absolute Gasteiger partial charge is 0.234 e. The topological polar surface area (TPSA) is 62.3 Å². The highest BCUT2D eigenvalue weighted by Gasteiger charge is 2.20. The number of hydrogen-bond acceptors (Lipinski definition) is 4. The lowest BCUT2D eigenvalue weighted by Crippen LogP contribution is -2.19. The number of para-hydroxylation sites is 1. The third-order valence-corrected chi connectivity index (χ3v) is 5.97. The normalized spacial score (nSPS) is 13.4. The first kappa shape index (κ1) is 17.5. The second kappa shape index (κ2) is 7.40. The lowest BCUT2D eigenvalue weighted by molar-refractivity contribution is 0.600. The standard InChI is InChI=1S/C21H21N3O2S/c25-27(26,15-13-17-6-2-1-3-7-17)23-21-11-10-19(16-22-21)24-14-12-18-8-4-5-9-20(18)24/h1-11,16H,12-15H2,(H,22,23). The lowest BCUT2D eigenvalue weighted by Gasteiger charge is -2.19. The molecule has 0 atom stereocenters. The Morgan fingerprint density at radius 2 is 1.74 bits per heavy atom. The minimum absolute atomic E-state index is 0.0277. The van der Waals surface area contributed by atoms with E-state index in [4.69, 9.17) is 0 Å². The van der Waals surface area contributed by atoms with Crippen molar-refractivity contribution in [3.05, 3.63) is 84.1 Å². The minimum Gasteiger partial charge on any atom is -0.340 e. The first-order chi connectivity index (χ1) is 13.1. The highest BCUT2D eigenvalue weighted by molar-refractivity contribution is 7.92. The zero-order valence-electron chi connectivity index (χ0n) is 14.9. The summed E-state index contributed by atoms with van der Waals surface area (Å²) >= 11 is 0. The van der Waals surface area contributed by atoms with Crippen LogP contribution in [0.4, 0.5) is 17.2 Å². The molecule has 0 amide bonds. The van der Waals surface area contributed by atoms with Crippen LogP contribution in [0.25, 0.3) is 0 Å². The quantitative estimate of drug-likeness (QED) is 0.708. The zero-order valence-corrected chi connectivity index (χ0v) is 15.7. The number of sulfonamides is 1. The summed E-state index contributed by atoms with van der Waals surface area (Å²) in [5, 5.41) is 0. The highest BCUT2D eigenvalue weighted by atomic mass is 32.2. The van der Waals surface area contributed by atoms with E-state index >= 15 is 0 Å². The number of hydrogen-bond donors (Lipinski definition) is 1. The van der Waals surface area contributed by atoms with Gasteiger partial charge in [0, 0.05) is 12.2 Å². The van der Waals surface area contributed by atoms with Gasteiger partial charge in [0.25, 0.3) is 0 Å². The fourth-order valence-electron chi connectivity index (χ4n) is 3.32. The van der Waals surface area contributed by atoms with Gasteiger partial charge >= 0.3 is 0 Å². The first-order valence-corrected chi connectivity index (χ1v) is 10.6. The summed E-state index contributed by atoms with van der Waals surface area (Å²) in [5.74, 6) is 0.374. The predicted octanol–water partition coefficient (Wildman–Crippen LogP) is 3.76. The summed E-state index contributed by atoms with van der Waals surface area (Å²) in [6, 6.07) is 21.5. The molecule has 2 aromatic carbocycles. The number of nitrogens with zero attached hydrogens (tertiary/aromatic N) is 2. The molecule has 5 nitrogen and oxygen atoms in total. The number of rotatable bonds is 6. The zero-order chi connectivity index (χ0) is 18.7. The van der Waals surface area contributed by atoms with E-state index in [9.17, 15) is 8.42 Å². The Kier molecular flexibility index (Phi) is 4.81. The predicted molar refractivity (Wildman–Crippen MR) is 109 cm³/mol. The summed E-state index contributed by atoms with van der Waals surface area (Å²) in [6.45, 7) is 0.906. The van der Waals surface area contributed by atoms with Crippen LogP contribution in [0.2, 0.25) is 0 Å². The Balaban J connectivity index is 1.42. The van der Waals surface area contributed by atoms with Crippen molar-refractivity contribution < 1.29 is 8.42 Å². The fraction of sp³-hybridized carbons (Fsp3) is 0.190. The molecular formula is C21H21N3O2S. The molecule has 3 aromatic rings. The molecule has 0 radical (unpaired) electrons. The second-order valence-corrected chi connectivity index (χ2v) is 8.43. The number of fused-ring (bicyclic) bond motifs is 1. The molecule has 6 heteroatoms. The molecule has 0 spiro atoms. The highest BCUT2D eigenvalue weighted by Crippen LogP contribution is 2.34. The van der Waals surface area contributed by atoms with Crippen molar-refractivity contribution in [3.8, 4) is 0 Å². The molecule has 27 heavy (non-hydrogen) atoms. The SMILES string of the molecule is O=S(=O)(CCc1ccccc1)Nc1ccc(N2CCc3ccccc32)cn1. The first-order valence-electron chi connectivity index (χ1n) is 8.97. The van der Waals surface area contributed by atoms with Gasteiger partial charge in [-0.1, -0.05) is 48.5 Å². The van der Waals surface area contributed by atoms with Gasteiger partial charge in [-0.3, -0.25) is 4.72 Å². The maximum Gasteiger partial charge on any atom is 0.234 e. The molecule has 1 N–H and O–H groups in total. The summed E-state index contributed by atoms with van der Waals surface area (Å²) in [7, 11) is -3.44. The van der Waals surface area contributed by atoms with Gasteiger partial charge in [0.05, 0.1) is 17.6 Å². The van der Waals surface area contributed by atoms with Crippen molar-refractivity contribution in [2.75, 3.05) is 21.9 Å². The average molecular weight is 379 g/mol. The second-order valence-electron chi connectivity index (χ2n) is 6.59. The molecule has 1 aliphatic heterocycles. The summed E-state index contributed by atoms with van der Waals surface area (Å²) in [4.78, 5) is 6.51. The molecule has 1 aliphatic rings. The van der Waals surface area contributed by atoms with Crippen LogP contribution in [0.1, 0.15) is 11.1 Å². The molecular weight excluding hydrogens is 358 g/mol. The van der Waals surface area contributed by atoms with Gasteiger partial charge < -0.3 is 4.90 Å². The van der Waals surface area contributed by atoms with E-state index in [1.54, 1.807) is 12.3 Å². The maximum absolute atomic E-state index is 12.3. The van der Waals surface area contributed by atoms with E-state index in [0.717, 1.165) is 24.2 Å². The Morgan fingerprint density at radius 3 is 2.52 bits per heavy atom. The number of nitrogens with one attached hydrogen (secondary N) is 1. The fourth-order valence-corrected chi connectivity index (χ4v) is 4.37. The maximum atomic E-state index is 12.3. The summed E-state index contributed by atoms with van der Waals surface area (Å²) in [6.07, 6.45) is 3.19. The van der Waals surface area contributed by atoms with E-state index in [1.807, 2.05) is 48.5 Å². The van der Waals surface area contributed by atoms with Crippen LogP contribution in [0.3, 0.4) is 0 Å². The third-order valence-electron chi connectivity index (χ3n) is 4.71. The van der Waals surface area contributed by atoms with Crippen LogP contribution >= 0.6 is 0 Å². The van der Waals surface area contributed by atoms with Gasteiger partial charge in [0.1, 0.15) is 5.82 Å². The monoisotopic (exact) mass is 379 g/mol. The number of pyridine rings is 1. The van der Waals surface area contributed by atoms with Gasteiger partial charge in [-0.15, -0.1) is 0 Å². The molecule has 4 rings (SSSR count). The van der Waals surface area contributed by atoms with Crippen molar-refractivity contribution in [1.29, 1.82) is 0 Å². The van der Waals surface area contributed by atoms with Crippen LogP contribution in [0.5, 0.6) is 0 Å². The van der Waals surface area contributed by atoms with E-state index in [0.29, 0.717) is 12.2 Å². The van der Waals surface area contributed by atoms with E-state index in [2.05, 4.69) is 26.7 Å². The molecule has 0 saturated heterocycles. The number of aryl methyl sites for hydroxylation is 1. The Hall–Kier alpha value is -2.86. The van der Waals surface area contributed by atoms with Crippen molar-refractivity contribution >= 4 is 27.2 Å². The summed E-state index contributed by atoms with van der Waals surface area (Å²) < 4.78 is 27.2. The van der Waals surface area contributed by atoms with Crippen LogP contribution < -0.4 is 9.62 Å². The van der Waals surface area contributed by atoms with Crippen LogP contribution in [0, 0.1) is 0 Å². The van der Waals surface area contributed by atoms with E-state index in [1.165, 1.54) is 11.3 Å². The summed E-state index contributed by atoms with van der Waals surface area (Å²) in [5.41, 5.74) is 4.48. The van der Waals surface area contributed by atoms with Crippen molar-refractivity contribution in [2.45, 2.75) is 12.8 Å². The van der Waals surface area contributed by atoms with Crippen molar-refractivity contribution in [1.82, 2.24) is 4.98 Å². The van der Waals surface area contributed by atoms with Gasteiger partial charge in [-0.25, -0.2) is 13.4 Å². The van der Waals surface area contributed by atoms with Gasteiger partial charge in [0.15, 0.2) is 0 Å². The van der Waals surface area contributed by atoms with E-state index in [-0.39, 0.29) is 5.75 Å². The van der Waals surface area contributed by atoms with Gasteiger partial charge in [0.2, 0.25) is 10.0 Å². The molecule has 0 unspecified atom stereocenters. The van der Waals surface area contributed by atoms with Gasteiger partial charge in [-0.05, 0) is 42.2 Å². The largest absolute Gasteiger partial charge is 0.340 e. The number of aromatic nitrogens is 1. The molecule has 1 aromatic heterocycles. The third kappa shape index (κ3) is 4.11. The van der Waals surface area contributed by atoms with Crippen molar-refractivity contribution in [3.63, 3.8) is 0 Å². The van der Waals surface area contributed by atoms with Gasteiger partial charge in [-0.2, -0.15) is 0 Å². The Labute approximate surface area is 159 Å². The molecule has 0 aliphatic carbocycles. The lowest BCUT2D eigenvalue weighted by atomic mass is 10.2. The van der Waals surface area contributed by atoms with Crippen LogP contribution in [-0.2, 0) is 22.9 Å². The number of anilines is 3. The van der Waals surface area contributed by atoms with E-state index < -0.39 is 10.0 Å². The molecule has 138 valence electrons. The van der Waals surface area contributed by atoms with Crippen molar-refractivity contribution in [2.24, 2.45) is 0 Å². The Morgan fingerprint density at radius 1 is 0.963 bits per heavy atom. The molecule has 0 saturated carbocycles. The minimum atomic E-state index is -3.44. The number of benzene rings is 2. The molecule has 2 heterocycles. The van der Waals surface area contributed by atoms with Crippen LogP contribution in [-0.4, -0.2) is 25.7 Å². The average Bonchev–Trinajstić information content (AvgIpc) is 3.12.